The van der Waals surface area contributed by atoms with Gasteiger partial charge in [-0.05, 0) is 33.1 Å². The molecule has 0 spiro atoms. The molecule has 0 aromatic carbocycles. The fourth-order valence-electron chi connectivity index (χ4n) is 2.81. The number of aromatic amines is 1. The van der Waals surface area contributed by atoms with Gasteiger partial charge in [-0.1, -0.05) is 19.8 Å². The Bertz CT molecular complexity index is 477. The van der Waals surface area contributed by atoms with Gasteiger partial charge in [0.05, 0.1) is 5.69 Å². The maximum atomic E-state index is 11.9. The molecule has 1 aliphatic carbocycles. The first kappa shape index (κ1) is 14.3. The largest absolute Gasteiger partial charge is 0.368 e. The van der Waals surface area contributed by atoms with Crippen molar-refractivity contribution in [2.24, 2.45) is 0 Å². The summed E-state index contributed by atoms with van der Waals surface area (Å²) in [4.78, 5) is 19.4. The minimum absolute atomic E-state index is 0.0636. The molecule has 1 saturated carbocycles. The Morgan fingerprint density at radius 2 is 2.11 bits per heavy atom. The first-order valence-electron chi connectivity index (χ1n) is 7.34. The van der Waals surface area contributed by atoms with Crippen LogP contribution in [0.2, 0.25) is 0 Å². The monoisotopic (exact) mass is 264 g/mol. The maximum absolute atomic E-state index is 11.9. The van der Waals surface area contributed by atoms with E-state index in [9.17, 15) is 4.79 Å². The van der Waals surface area contributed by atoms with Crippen LogP contribution in [0.1, 0.15) is 70.3 Å². The normalized spacial score (nSPS) is 19.5. The summed E-state index contributed by atoms with van der Waals surface area (Å²) in [5.41, 5.74) is 0.379. The van der Waals surface area contributed by atoms with Crippen molar-refractivity contribution in [3.63, 3.8) is 0 Å². The molecule has 2 rings (SSSR count). The van der Waals surface area contributed by atoms with Crippen molar-refractivity contribution in [2.75, 3.05) is 6.61 Å². The lowest BCUT2D eigenvalue weighted by molar-refractivity contribution is -0.0394. The molecule has 106 valence electrons. The van der Waals surface area contributed by atoms with Crippen LogP contribution in [0.3, 0.4) is 0 Å². The molecule has 1 fully saturated rings. The van der Waals surface area contributed by atoms with E-state index in [0.717, 1.165) is 25.0 Å². The van der Waals surface area contributed by atoms with E-state index >= 15 is 0 Å². The van der Waals surface area contributed by atoms with Crippen molar-refractivity contribution in [3.8, 4) is 0 Å². The van der Waals surface area contributed by atoms with Gasteiger partial charge in [0.15, 0.2) is 0 Å². The molecule has 0 amide bonds. The van der Waals surface area contributed by atoms with Gasteiger partial charge in [-0.25, -0.2) is 4.98 Å². The van der Waals surface area contributed by atoms with Crippen LogP contribution in [0.5, 0.6) is 0 Å². The average Bonchev–Trinajstić information content (AvgIpc) is 2.92. The van der Waals surface area contributed by atoms with Gasteiger partial charge in [-0.15, -0.1) is 0 Å². The number of nitrogens with one attached hydrogen (secondary N) is 1. The highest BCUT2D eigenvalue weighted by Crippen LogP contribution is 2.33. The Morgan fingerprint density at radius 1 is 1.42 bits per heavy atom. The van der Waals surface area contributed by atoms with Crippen molar-refractivity contribution in [2.45, 2.75) is 64.4 Å². The van der Waals surface area contributed by atoms with Crippen molar-refractivity contribution >= 4 is 0 Å². The molecule has 0 saturated heterocycles. The highest BCUT2D eigenvalue weighted by Gasteiger charge is 2.29. The van der Waals surface area contributed by atoms with Gasteiger partial charge < -0.3 is 9.72 Å². The summed E-state index contributed by atoms with van der Waals surface area (Å²) in [6.45, 7) is 6.62. The molecule has 1 N–H and O–H groups in total. The molecule has 1 aromatic heterocycles. The molecular formula is C15H24N2O2. The lowest BCUT2D eigenvalue weighted by Gasteiger charge is -2.27. The molecule has 1 atom stereocenters. The van der Waals surface area contributed by atoms with Crippen LogP contribution in [0.15, 0.2) is 10.9 Å². The molecule has 0 bridgehead atoms. The van der Waals surface area contributed by atoms with Crippen LogP contribution in [-0.2, 0) is 10.3 Å². The van der Waals surface area contributed by atoms with Crippen molar-refractivity contribution in [1.82, 2.24) is 9.97 Å². The summed E-state index contributed by atoms with van der Waals surface area (Å²) < 4.78 is 5.80. The Morgan fingerprint density at radius 3 is 2.68 bits per heavy atom. The maximum Gasteiger partial charge on any atom is 0.251 e. The number of H-pyrrole nitrogens is 1. The Balaban J connectivity index is 2.37. The van der Waals surface area contributed by atoms with Gasteiger partial charge in [-0.3, -0.25) is 4.79 Å². The highest BCUT2D eigenvalue weighted by atomic mass is 16.5. The fraction of sp³-hybridized carbons (Fsp3) is 0.733. The van der Waals surface area contributed by atoms with E-state index in [-0.39, 0.29) is 5.56 Å². The molecule has 4 nitrogen and oxygen atoms in total. The first-order chi connectivity index (χ1) is 9.09. The second-order valence-electron chi connectivity index (χ2n) is 5.52. The van der Waals surface area contributed by atoms with E-state index in [1.54, 1.807) is 6.07 Å². The standard InChI is InChI=1S/C15H24N2O2/c1-4-15(3,19-5-2)14-16-12(10-13(18)17-14)11-8-6-7-9-11/h10-11H,4-9H2,1-3H3,(H,16,17,18). The van der Waals surface area contributed by atoms with Crippen LogP contribution in [-0.4, -0.2) is 16.6 Å². The third-order valence-corrected chi connectivity index (χ3v) is 4.17. The summed E-state index contributed by atoms with van der Waals surface area (Å²) in [5, 5.41) is 0. The SMILES string of the molecule is CCOC(C)(CC)c1nc(C2CCCC2)cc(=O)[nH]1. The quantitative estimate of drug-likeness (QED) is 0.889. The van der Waals surface area contributed by atoms with Gasteiger partial charge in [0, 0.05) is 18.6 Å². The summed E-state index contributed by atoms with van der Waals surface area (Å²) in [7, 11) is 0. The van der Waals surface area contributed by atoms with Gasteiger partial charge >= 0.3 is 0 Å². The molecular weight excluding hydrogens is 240 g/mol. The third kappa shape index (κ3) is 3.06. The van der Waals surface area contributed by atoms with Crippen molar-refractivity contribution < 1.29 is 4.74 Å². The molecule has 1 heterocycles. The average molecular weight is 264 g/mol. The van der Waals surface area contributed by atoms with Crippen LogP contribution in [0.4, 0.5) is 0 Å². The van der Waals surface area contributed by atoms with E-state index < -0.39 is 5.60 Å². The van der Waals surface area contributed by atoms with Crippen molar-refractivity contribution in [3.05, 3.63) is 27.9 Å². The Labute approximate surface area is 114 Å². The first-order valence-corrected chi connectivity index (χ1v) is 7.34. The number of hydrogen-bond donors (Lipinski definition) is 1. The zero-order chi connectivity index (χ0) is 13.9. The Hall–Kier alpha value is -1.16. The minimum Gasteiger partial charge on any atom is -0.368 e. The number of nitrogens with zero attached hydrogens (tertiary/aromatic N) is 1. The smallest absolute Gasteiger partial charge is 0.251 e. The molecule has 0 aliphatic heterocycles. The molecule has 19 heavy (non-hydrogen) atoms. The van der Waals surface area contributed by atoms with Crippen LogP contribution in [0, 0.1) is 0 Å². The third-order valence-electron chi connectivity index (χ3n) is 4.17. The Kier molecular flexibility index (Phi) is 4.40. The summed E-state index contributed by atoms with van der Waals surface area (Å²) in [6.07, 6.45) is 5.56. The predicted octanol–water partition coefficient (Wildman–Crippen LogP) is 3.09. The zero-order valence-corrected chi connectivity index (χ0v) is 12.2. The summed E-state index contributed by atoms with van der Waals surface area (Å²) in [6, 6.07) is 1.65. The summed E-state index contributed by atoms with van der Waals surface area (Å²) in [5.74, 6) is 1.12. The number of hydrogen-bond acceptors (Lipinski definition) is 3. The van der Waals surface area contributed by atoms with Crippen LogP contribution in [0.25, 0.3) is 0 Å². The van der Waals surface area contributed by atoms with Crippen LogP contribution >= 0.6 is 0 Å². The zero-order valence-electron chi connectivity index (χ0n) is 12.2. The van der Waals surface area contributed by atoms with E-state index in [2.05, 4.69) is 11.9 Å². The van der Waals surface area contributed by atoms with E-state index in [0.29, 0.717) is 18.3 Å². The number of aromatic nitrogens is 2. The number of rotatable bonds is 5. The van der Waals surface area contributed by atoms with Gasteiger partial charge in [0.2, 0.25) is 0 Å². The molecule has 1 aromatic rings. The molecule has 0 radical (unpaired) electrons. The van der Waals surface area contributed by atoms with E-state index in [1.807, 2.05) is 13.8 Å². The highest BCUT2D eigenvalue weighted by molar-refractivity contribution is 5.13. The fourth-order valence-corrected chi connectivity index (χ4v) is 2.81. The topological polar surface area (TPSA) is 55.0 Å². The number of ether oxygens (including phenoxy) is 1. The molecule has 1 unspecified atom stereocenters. The van der Waals surface area contributed by atoms with Gasteiger partial charge in [-0.2, -0.15) is 0 Å². The molecule has 1 aliphatic rings. The summed E-state index contributed by atoms with van der Waals surface area (Å²) >= 11 is 0. The van der Waals surface area contributed by atoms with E-state index in [1.165, 1.54) is 12.8 Å². The lowest BCUT2D eigenvalue weighted by Crippen LogP contribution is -2.31. The van der Waals surface area contributed by atoms with Gasteiger partial charge in [0.25, 0.3) is 5.56 Å². The molecule has 4 heteroatoms. The second kappa shape index (κ2) is 5.87. The van der Waals surface area contributed by atoms with E-state index in [4.69, 9.17) is 9.72 Å². The lowest BCUT2D eigenvalue weighted by atomic mass is 10.00. The van der Waals surface area contributed by atoms with Crippen molar-refractivity contribution in [1.29, 1.82) is 0 Å². The minimum atomic E-state index is -0.497. The van der Waals surface area contributed by atoms with Gasteiger partial charge in [0.1, 0.15) is 11.4 Å². The second-order valence-corrected chi connectivity index (χ2v) is 5.52. The van der Waals surface area contributed by atoms with Crippen LogP contribution < -0.4 is 5.56 Å². The predicted molar refractivity (Wildman–Crippen MR) is 75.3 cm³/mol.